The highest BCUT2D eigenvalue weighted by Crippen LogP contribution is 2.20. The molecule has 0 aliphatic rings. The Morgan fingerprint density at radius 2 is 1.80 bits per heavy atom. The van der Waals surface area contributed by atoms with Crippen molar-refractivity contribution >= 4 is 16.9 Å². The maximum atomic E-state index is 12.6. The average Bonchev–Trinajstić information content (AvgIpc) is 2.77. The Balaban J connectivity index is 2.15. The minimum absolute atomic E-state index is 0.0636. The molecule has 1 aromatic heterocycles. The van der Waals surface area contributed by atoms with Crippen molar-refractivity contribution in [2.75, 3.05) is 0 Å². The highest BCUT2D eigenvalue weighted by atomic mass is 16.4. The van der Waals surface area contributed by atoms with E-state index < -0.39 is 5.76 Å². The van der Waals surface area contributed by atoms with Gasteiger partial charge in [0.2, 0.25) is 0 Å². The van der Waals surface area contributed by atoms with E-state index in [1.165, 1.54) is 0 Å². The fourth-order valence-electron chi connectivity index (χ4n) is 2.40. The van der Waals surface area contributed by atoms with Gasteiger partial charge < -0.3 is 4.42 Å². The summed E-state index contributed by atoms with van der Waals surface area (Å²) in [6.07, 6.45) is 0. The van der Waals surface area contributed by atoms with E-state index in [9.17, 15) is 9.59 Å². The van der Waals surface area contributed by atoms with E-state index in [0.717, 1.165) is 11.1 Å². The van der Waals surface area contributed by atoms with Gasteiger partial charge in [0.05, 0.1) is 5.52 Å². The number of hydrogen-bond acceptors (Lipinski definition) is 3. The lowest BCUT2D eigenvalue weighted by atomic mass is 9.95. The van der Waals surface area contributed by atoms with Gasteiger partial charge in [-0.05, 0) is 43.2 Å². The average molecular weight is 267 g/mol. The van der Waals surface area contributed by atoms with Crippen LogP contribution in [0.25, 0.3) is 11.1 Å². The molecular weight excluding hydrogens is 254 g/mol. The molecule has 0 bridgehead atoms. The second-order valence-corrected chi connectivity index (χ2v) is 4.82. The van der Waals surface area contributed by atoms with Gasteiger partial charge in [0.15, 0.2) is 11.4 Å². The molecule has 0 aliphatic heterocycles. The Labute approximate surface area is 115 Å². The number of nitrogens with one attached hydrogen (secondary N) is 1. The second-order valence-electron chi connectivity index (χ2n) is 4.82. The summed E-state index contributed by atoms with van der Waals surface area (Å²) in [7, 11) is 0. The van der Waals surface area contributed by atoms with E-state index in [2.05, 4.69) is 4.98 Å². The number of H-pyrrole nitrogens is 1. The monoisotopic (exact) mass is 267 g/mol. The summed E-state index contributed by atoms with van der Waals surface area (Å²) in [5.74, 6) is -0.581. The first kappa shape index (κ1) is 12.4. The number of aromatic amines is 1. The molecule has 0 amide bonds. The lowest BCUT2D eigenvalue weighted by Crippen LogP contribution is -2.06. The molecule has 4 nitrogen and oxygen atoms in total. The van der Waals surface area contributed by atoms with Gasteiger partial charge in [-0.15, -0.1) is 0 Å². The molecule has 0 aliphatic carbocycles. The predicted octanol–water partition coefficient (Wildman–Crippen LogP) is 2.97. The zero-order valence-electron chi connectivity index (χ0n) is 11.2. The van der Waals surface area contributed by atoms with Crippen molar-refractivity contribution in [2.24, 2.45) is 0 Å². The summed E-state index contributed by atoms with van der Waals surface area (Å²) in [5, 5.41) is 0. The standard InChI is InChI=1S/C16H13NO3/c1-9-4-3-5-10(2)14(9)15(18)11-6-7-12-13(8-11)20-16(19)17-12/h3-8H,1-2H3,(H,17,19). The Bertz CT molecular complexity index is 851. The molecule has 4 heteroatoms. The summed E-state index contributed by atoms with van der Waals surface area (Å²) in [6, 6.07) is 10.7. The molecule has 20 heavy (non-hydrogen) atoms. The minimum Gasteiger partial charge on any atom is -0.408 e. The molecule has 2 aromatic carbocycles. The van der Waals surface area contributed by atoms with Crippen LogP contribution in [0.1, 0.15) is 27.0 Å². The third-order valence-corrected chi connectivity index (χ3v) is 3.39. The molecule has 100 valence electrons. The van der Waals surface area contributed by atoms with E-state index >= 15 is 0 Å². The first-order valence-corrected chi connectivity index (χ1v) is 6.30. The smallest absolute Gasteiger partial charge is 0.408 e. The van der Waals surface area contributed by atoms with Crippen molar-refractivity contribution in [1.29, 1.82) is 0 Å². The zero-order valence-corrected chi connectivity index (χ0v) is 11.2. The van der Waals surface area contributed by atoms with Crippen molar-refractivity contribution in [3.63, 3.8) is 0 Å². The van der Waals surface area contributed by atoms with Crippen LogP contribution in [0, 0.1) is 13.8 Å². The second kappa shape index (κ2) is 4.49. The number of ketones is 1. The third-order valence-electron chi connectivity index (χ3n) is 3.39. The first-order chi connectivity index (χ1) is 9.56. The largest absolute Gasteiger partial charge is 0.417 e. The maximum absolute atomic E-state index is 12.6. The van der Waals surface area contributed by atoms with Crippen LogP contribution in [0.3, 0.4) is 0 Å². The fraction of sp³-hybridized carbons (Fsp3) is 0.125. The van der Waals surface area contributed by atoms with Gasteiger partial charge in [-0.2, -0.15) is 0 Å². The quantitative estimate of drug-likeness (QED) is 0.726. The van der Waals surface area contributed by atoms with Gasteiger partial charge in [-0.25, -0.2) is 4.79 Å². The molecule has 0 radical (unpaired) electrons. The van der Waals surface area contributed by atoms with Crippen molar-refractivity contribution < 1.29 is 9.21 Å². The Morgan fingerprint density at radius 3 is 2.50 bits per heavy atom. The molecule has 3 rings (SSSR count). The SMILES string of the molecule is Cc1cccc(C)c1C(=O)c1ccc2[nH]c(=O)oc2c1. The number of oxazole rings is 1. The summed E-state index contributed by atoms with van der Waals surface area (Å²) in [6.45, 7) is 3.82. The minimum atomic E-state index is -0.517. The van der Waals surface area contributed by atoms with E-state index in [1.807, 2.05) is 32.0 Å². The number of aromatic nitrogens is 1. The van der Waals surface area contributed by atoms with Crippen molar-refractivity contribution in [3.05, 3.63) is 69.2 Å². The van der Waals surface area contributed by atoms with Gasteiger partial charge in [-0.1, -0.05) is 18.2 Å². The maximum Gasteiger partial charge on any atom is 0.417 e. The summed E-state index contributed by atoms with van der Waals surface area (Å²) in [5.41, 5.74) is 4.07. The highest BCUT2D eigenvalue weighted by Gasteiger charge is 2.15. The molecule has 1 N–H and O–H groups in total. The molecule has 1 heterocycles. The number of fused-ring (bicyclic) bond motifs is 1. The normalized spacial score (nSPS) is 10.9. The number of carbonyl (C=O) groups is 1. The molecule has 0 saturated heterocycles. The molecule has 0 saturated carbocycles. The third kappa shape index (κ3) is 1.95. The molecule has 0 spiro atoms. The first-order valence-electron chi connectivity index (χ1n) is 6.30. The number of aryl methyl sites for hydroxylation is 2. The molecule has 0 unspecified atom stereocenters. The fourth-order valence-corrected chi connectivity index (χ4v) is 2.40. The van der Waals surface area contributed by atoms with Crippen LogP contribution in [0.15, 0.2) is 45.6 Å². The Morgan fingerprint density at radius 1 is 1.10 bits per heavy atom. The zero-order chi connectivity index (χ0) is 14.3. The topological polar surface area (TPSA) is 63.1 Å². The van der Waals surface area contributed by atoms with Gasteiger partial charge in [0, 0.05) is 11.1 Å². The van der Waals surface area contributed by atoms with E-state index in [0.29, 0.717) is 22.2 Å². The molecule has 0 fully saturated rings. The van der Waals surface area contributed by atoms with Crippen molar-refractivity contribution in [1.82, 2.24) is 4.98 Å². The summed E-state index contributed by atoms with van der Waals surface area (Å²) < 4.78 is 4.99. The number of rotatable bonds is 2. The lowest BCUT2D eigenvalue weighted by Gasteiger charge is -2.08. The lowest BCUT2D eigenvalue weighted by molar-refractivity contribution is 0.103. The molecular formula is C16H13NO3. The van der Waals surface area contributed by atoms with E-state index in [1.54, 1.807) is 18.2 Å². The van der Waals surface area contributed by atoms with Crippen LogP contribution < -0.4 is 5.76 Å². The van der Waals surface area contributed by atoms with E-state index in [-0.39, 0.29) is 5.78 Å². The summed E-state index contributed by atoms with van der Waals surface area (Å²) in [4.78, 5) is 26.3. The van der Waals surface area contributed by atoms with Crippen LogP contribution in [-0.4, -0.2) is 10.8 Å². The van der Waals surface area contributed by atoms with Crippen LogP contribution in [0.2, 0.25) is 0 Å². The number of carbonyl (C=O) groups excluding carboxylic acids is 1. The number of hydrogen-bond donors (Lipinski definition) is 1. The highest BCUT2D eigenvalue weighted by molar-refractivity contribution is 6.11. The van der Waals surface area contributed by atoms with Crippen LogP contribution in [0.5, 0.6) is 0 Å². The van der Waals surface area contributed by atoms with Gasteiger partial charge in [-0.3, -0.25) is 9.78 Å². The number of benzene rings is 2. The van der Waals surface area contributed by atoms with Crippen LogP contribution in [-0.2, 0) is 0 Å². The van der Waals surface area contributed by atoms with Crippen LogP contribution in [0.4, 0.5) is 0 Å². The molecule has 0 atom stereocenters. The van der Waals surface area contributed by atoms with Gasteiger partial charge in [0.1, 0.15) is 0 Å². The Kier molecular flexibility index (Phi) is 2.79. The van der Waals surface area contributed by atoms with Gasteiger partial charge >= 0.3 is 5.76 Å². The van der Waals surface area contributed by atoms with Crippen molar-refractivity contribution in [3.8, 4) is 0 Å². The predicted molar refractivity (Wildman–Crippen MR) is 76.2 cm³/mol. The Hall–Kier alpha value is -2.62. The van der Waals surface area contributed by atoms with Gasteiger partial charge in [0.25, 0.3) is 0 Å². The summed E-state index contributed by atoms with van der Waals surface area (Å²) >= 11 is 0. The van der Waals surface area contributed by atoms with E-state index in [4.69, 9.17) is 4.42 Å². The van der Waals surface area contributed by atoms with Crippen LogP contribution >= 0.6 is 0 Å². The molecule has 3 aromatic rings. The van der Waals surface area contributed by atoms with Crippen molar-refractivity contribution in [2.45, 2.75) is 13.8 Å².